The number of hydrogen-bond acceptors (Lipinski definition) is 3. The van der Waals surface area contributed by atoms with E-state index in [0.717, 1.165) is 12.1 Å². The second kappa shape index (κ2) is 8.68. The zero-order valence-corrected chi connectivity index (χ0v) is 14.6. The molecule has 0 aliphatic rings. The van der Waals surface area contributed by atoms with Gasteiger partial charge in [-0.25, -0.2) is 0 Å². The lowest BCUT2D eigenvalue weighted by Crippen LogP contribution is -2.19. The zero-order chi connectivity index (χ0) is 20.0. The Labute approximate surface area is 154 Å². The largest absolute Gasteiger partial charge is 0.416 e. The number of halogens is 3. The second-order valence-electron chi connectivity index (χ2n) is 6.18. The minimum absolute atomic E-state index is 0.0289. The molecule has 0 saturated heterocycles. The van der Waals surface area contributed by atoms with Crippen molar-refractivity contribution in [2.45, 2.75) is 32.0 Å². The van der Waals surface area contributed by atoms with E-state index >= 15 is 0 Å². The van der Waals surface area contributed by atoms with Gasteiger partial charge in [0.1, 0.15) is 0 Å². The Morgan fingerprint density at radius 1 is 1.04 bits per heavy atom. The van der Waals surface area contributed by atoms with Gasteiger partial charge in [-0.2, -0.15) is 13.2 Å². The summed E-state index contributed by atoms with van der Waals surface area (Å²) >= 11 is 0. The van der Waals surface area contributed by atoms with Crippen LogP contribution in [0.1, 0.15) is 35.7 Å². The third-order valence-electron chi connectivity index (χ3n) is 3.68. The summed E-state index contributed by atoms with van der Waals surface area (Å²) in [5.41, 5.74) is 5.41. The molecule has 0 aromatic heterocycles. The van der Waals surface area contributed by atoms with Gasteiger partial charge in [0.25, 0.3) is 5.91 Å². The number of alkyl halides is 3. The molecule has 0 aliphatic carbocycles. The van der Waals surface area contributed by atoms with Crippen molar-refractivity contribution < 1.29 is 22.8 Å². The molecule has 27 heavy (non-hydrogen) atoms. The number of amides is 2. The van der Waals surface area contributed by atoms with Crippen molar-refractivity contribution in [2.75, 3.05) is 10.6 Å². The number of hydrogen-bond donors (Lipinski definition) is 3. The lowest BCUT2D eigenvalue weighted by Gasteiger charge is -2.11. The summed E-state index contributed by atoms with van der Waals surface area (Å²) in [4.78, 5) is 24.2. The van der Waals surface area contributed by atoms with Gasteiger partial charge in [0, 0.05) is 29.4 Å². The highest BCUT2D eigenvalue weighted by Crippen LogP contribution is 2.30. The van der Waals surface area contributed by atoms with Crippen LogP contribution in [0, 0.1) is 0 Å². The van der Waals surface area contributed by atoms with Gasteiger partial charge in [-0.3, -0.25) is 9.59 Å². The summed E-state index contributed by atoms with van der Waals surface area (Å²) in [6.07, 6.45) is -3.72. The SMILES string of the molecule is CC(N)CCC(=O)Nc1cccc(C(=O)Nc2cccc(C(F)(F)F)c2)c1. The Morgan fingerprint density at radius 3 is 2.30 bits per heavy atom. The normalized spacial score (nSPS) is 12.3. The van der Waals surface area contributed by atoms with Gasteiger partial charge < -0.3 is 16.4 Å². The molecule has 4 N–H and O–H groups in total. The Hall–Kier alpha value is -2.87. The summed E-state index contributed by atoms with van der Waals surface area (Å²) in [6.45, 7) is 1.80. The number of carbonyl (C=O) groups is 2. The van der Waals surface area contributed by atoms with Crippen LogP contribution < -0.4 is 16.4 Å². The Balaban J connectivity index is 2.06. The molecular weight excluding hydrogens is 359 g/mol. The quantitative estimate of drug-likeness (QED) is 0.709. The first-order valence-electron chi connectivity index (χ1n) is 8.29. The van der Waals surface area contributed by atoms with Crippen molar-refractivity contribution in [3.63, 3.8) is 0 Å². The van der Waals surface area contributed by atoms with Crippen molar-refractivity contribution >= 4 is 23.2 Å². The van der Waals surface area contributed by atoms with Crippen LogP contribution in [0.4, 0.5) is 24.5 Å². The van der Waals surface area contributed by atoms with Crippen LogP contribution in [-0.4, -0.2) is 17.9 Å². The van der Waals surface area contributed by atoms with Gasteiger partial charge >= 0.3 is 6.18 Å². The van der Waals surface area contributed by atoms with Crippen molar-refractivity contribution in [2.24, 2.45) is 5.73 Å². The maximum Gasteiger partial charge on any atom is 0.416 e. The Morgan fingerprint density at radius 2 is 1.67 bits per heavy atom. The third-order valence-corrected chi connectivity index (χ3v) is 3.68. The number of rotatable bonds is 6. The van der Waals surface area contributed by atoms with Crippen molar-refractivity contribution in [1.29, 1.82) is 0 Å². The van der Waals surface area contributed by atoms with Gasteiger partial charge in [0.2, 0.25) is 5.91 Å². The fourth-order valence-electron chi connectivity index (χ4n) is 2.30. The van der Waals surface area contributed by atoms with E-state index in [4.69, 9.17) is 5.73 Å². The Bertz CT molecular complexity index is 820. The van der Waals surface area contributed by atoms with E-state index in [1.165, 1.54) is 24.3 Å². The van der Waals surface area contributed by atoms with Crippen molar-refractivity contribution in [3.05, 3.63) is 59.7 Å². The maximum absolute atomic E-state index is 12.8. The topological polar surface area (TPSA) is 84.2 Å². The van der Waals surface area contributed by atoms with Gasteiger partial charge in [0.15, 0.2) is 0 Å². The molecule has 0 spiro atoms. The van der Waals surface area contributed by atoms with Crippen LogP contribution >= 0.6 is 0 Å². The molecule has 0 heterocycles. The van der Waals surface area contributed by atoms with E-state index in [1.54, 1.807) is 19.1 Å². The van der Waals surface area contributed by atoms with Crippen LogP contribution in [0.3, 0.4) is 0 Å². The van der Waals surface area contributed by atoms with E-state index in [0.29, 0.717) is 12.1 Å². The summed E-state index contributed by atoms with van der Waals surface area (Å²) in [6, 6.07) is 10.4. The van der Waals surface area contributed by atoms with Crippen molar-refractivity contribution in [1.82, 2.24) is 0 Å². The molecule has 0 fully saturated rings. The van der Waals surface area contributed by atoms with Crippen LogP contribution in [0.15, 0.2) is 48.5 Å². The maximum atomic E-state index is 12.8. The number of carbonyl (C=O) groups excluding carboxylic acids is 2. The van der Waals surface area contributed by atoms with Gasteiger partial charge in [-0.05, 0) is 49.7 Å². The zero-order valence-electron chi connectivity index (χ0n) is 14.6. The summed E-state index contributed by atoms with van der Waals surface area (Å²) in [5, 5.41) is 5.09. The number of anilines is 2. The molecule has 2 aromatic carbocycles. The smallest absolute Gasteiger partial charge is 0.328 e. The highest BCUT2D eigenvalue weighted by Gasteiger charge is 2.30. The molecule has 5 nitrogen and oxygen atoms in total. The first kappa shape index (κ1) is 20.4. The van der Waals surface area contributed by atoms with Crippen molar-refractivity contribution in [3.8, 4) is 0 Å². The van der Waals surface area contributed by atoms with E-state index in [1.807, 2.05) is 0 Å². The Kier molecular flexibility index (Phi) is 6.57. The standard InChI is InChI=1S/C19H20F3N3O2/c1-12(23)8-9-17(26)24-15-6-2-4-13(10-15)18(27)25-16-7-3-5-14(11-16)19(20,21)22/h2-7,10-12H,8-9,23H2,1H3,(H,24,26)(H,25,27). The average Bonchev–Trinajstić information content (AvgIpc) is 2.59. The molecule has 144 valence electrons. The predicted molar refractivity (Wildman–Crippen MR) is 97.4 cm³/mol. The highest BCUT2D eigenvalue weighted by atomic mass is 19.4. The van der Waals surface area contributed by atoms with E-state index in [2.05, 4.69) is 10.6 Å². The molecular formula is C19H20F3N3O2. The lowest BCUT2D eigenvalue weighted by molar-refractivity contribution is -0.137. The van der Waals surface area contributed by atoms with E-state index < -0.39 is 17.6 Å². The predicted octanol–water partition coefficient (Wildman–Crippen LogP) is 4.02. The lowest BCUT2D eigenvalue weighted by atomic mass is 10.1. The molecule has 1 atom stereocenters. The summed E-state index contributed by atoms with van der Waals surface area (Å²) in [5.74, 6) is -0.816. The van der Waals surface area contributed by atoms with E-state index in [9.17, 15) is 22.8 Å². The number of nitrogens with one attached hydrogen (secondary N) is 2. The van der Waals surface area contributed by atoms with Gasteiger partial charge in [-0.1, -0.05) is 12.1 Å². The fraction of sp³-hybridized carbons (Fsp3) is 0.263. The molecule has 0 saturated carbocycles. The van der Waals surface area contributed by atoms with Gasteiger partial charge in [-0.15, -0.1) is 0 Å². The molecule has 0 aliphatic heterocycles. The van der Waals surface area contributed by atoms with Crippen LogP contribution in [0.2, 0.25) is 0 Å². The van der Waals surface area contributed by atoms with Crippen LogP contribution in [0.25, 0.3) is 0 Å². The molecule has 2 rings (SSSR count). The minimum Gasteiger partial charge on any atom is -0.328 e. The number of benzene rings is 2. The van der Waals surface area contributed by atoms with E-state index in [-0.39, 0.29) is 29.6 Å². The molecule has 0 bridgehead atoms. The first-order valence-corrected chi connectivity index (χ1v) is 8.29. The summed E-state index contributed by atoms with van der Waals surface area (Å²) in [7, 11) is 0. The molecule has 2 amide bonds. The first-order chi connectivity index (χ1) is 12.6. The minimum atomic E-state index is -4.49. The second-order valence-corrected chi connectivity index (χ2v) is 6.18. The monoisotopic (exact) mass is 379 g/mol. The van der Waals surface area contributed by atoms with Gasteiger partial charge in [0.05, 0.1) is 5.56 Å². The molecule has 1 unspecified atom stereocenters. The number of nitrogens with two attached hydrogens (primary N) is 1. The average molecular weight is 379 g/mol. The molecule has 2 aromatic rings. The fourth-order valence-corrected chi connectivity index (χ4v) is 2.30. The van der Waals surface area contributed by atoms with Crippen LogP contribution in [-0.2, 0) is 11.0 Å². The third kappa shape index (κ3) is 6.41. The molecule has 0 radical (unpaired) electrons. The molecule has 8 heteroatoms. The summed E-state index contributed by atoms with van der Waals surface area (Å²) < 4.78 is 38.3. The van der Waals surface area contributed by atoms with Crippen LogP contribution in [0.5, 0.6) is 0 Å². The highest BCUT2D eigenvalue weighted by molar-refractivity contribution is 6.05.